The van der Waals surface area contributed by atoms with Crippen molar-refractivity contribution in [1.82, 2.24) is 15.0 Å². The molecule has 0 amide bonds. The first kappa shape index (κ1) is 62.8. The molecule has 0 atom stereocenters. The fourth-order valence-electron chi connectivity index (χ4n) is 14.1. The number of rotatable bonds is 35. The van der Waals surface area contributed by atoms with Crippen molar-refractivity contribution in [2.45, 2.75) is 270 Å². The molecule has 2 aliphatic rings. The monoisotopic (exact) mass is 1100 g/mol. The second kappa shape index (κ2) is 32.7. The molecule has 0 N–H and O–H groups in total. The van der Waals surface area contributed by atoms with Crippen molar-refractivity contribution in [1.29, 1.82) is 0 Å². The minimum absolute atomic E-state index is 0.0882. The zero-order valence-electron chi connectivity index (χ0n) is 52.3. The molecule has 83 heavy (non-hydrogen) atoms. The van der Waals surface area contributed by atoms with Crippen molar-refractivity contribution in [3.8, 4) is 70.6 Å². The van der Waals surface area contributed by atoms with Gasteiger partial charge in [0.25, 0.3) is 0 Å². The molecule has 0 bridgehead atoms. The highest BCUT2D eigenvalue weighted by Gasteiger charge is 2.44. The first-order valence-electron chi connectivity index (χ1n) is 33.8. The van der Waals surface area contributed by atoms with E-state index < -0.39 is 0 Å². The summed E-state index contributed by atoms with van der Waals surface area (Å²) in [6, 6.07) is 31.9. The third-order valence-electron chi connectivity index (χ3n) is 18.9. The molecule has 0 unspecified atom stereocenters. The van der Waals surface area contributed by atoms with Gasteiger partial charge in [0.15, 0.2) is 0 Å². The summed E-state index contributed by atoms with van der Waals surface area (Å²) in [5.41, 5.74) is 18.4. The van der Waals surface area contributed by atoms with Gasteiger partial charge in [-0.2, -0.15) is 15.0 Å². The topological polar surface area (TPSA) is 30.7 Å². The third-order valence-corrected chi connectivity index (χ3v) is 18.9. The molecule has 0 radical (unpaired) electrons. The fraction of sp³-hybridized carbons (Fsp3) is 0.525. The fourth-order valence-corrected chi connectivity index (χ4v) is 14.1. The second-order valence-electron chi connectivity index (χ2n) is 25.0. The van der Waals surface area contributed by atoms with E-state index >= 15 is 0 Å². The summed E-state index contributed by atoms with van der Waals surface area (Å²) < 4.78 is 0. The van der Waals surface area contributed by atoms with Crippen LogP contribution >= 0.6 is 0 Å². The smallest absolute Gasteiger partial charge is 0.130 e. The van der Waals surface area contributed by atoms with Crippen molar-refractivity contribution in [2.24, 2.45) is 0 Å². The molecule has 0 fully saturated rings. The van der Waals surface area contributed by atoms with E-state index in [1.165, 1.54) is 231 Å². The Morgan fingerprint density at radius 3 is 0.916 bits per heavy atom. The highest BCUT2D eigenvalue weighted by molar-refractivity contribution is 5.88. The lowest BCUT2D eigenvalue weighted by Crippen LogP contribution is -2.26. The van der Waals surface area contributed by atoms with Gasteiger partial charge in [-0.15, -0.1) is 12.8 Å². The molecule has 3 nitrogen and oxygen atoms in total. The summed E-state index contributed by atoms with van der Waals surface area (Å²) in [4.78, 5) is 1.92. The van der Waals surface area contributed by atoms with Crippen LogP contribution in [0.3, 0.4) is 0 Å². The van der Waals surface area contributed by atoms with E-state index in [2.05, 4.69) is 155 Å². The molecule has 3 heteroatoms. The SMILES string of the molecule is C#Cc1ccc2c(c1)C(CCCCCCCC)(CCCCCCCC)c1cc(C#Cc3ccc(C#Cc4ccc5c(c4)C(CCCCCCCC)(CCCCCCCC)c4cc(C#C)ccc4-5)c4nn(CCCCCCCC)nc34)ccc1-2. The summed E-state index contributed by atoms with van der Waals surface area (Å²) >= 11 is 0. The molecular weight excluding hydrogens is 1000 g/mol. The van der Waals surface area contributed by atoms with Crippen LogP contribution in [0.4, 0.5) is 0 Å². The lowest BCUT2D eigenvalue weighted by Gasteiger charge is -2.33. The van der Waals surface area contributed by atoms with Gasteiger partial charge in [-0.3, -0.25) is 0 Å². The number of hydrogen-bond acceptors (Lipinski definition) is 2. The van der Waals surface area contributed by atoms with Gasteiger partial charge >= 0.3 is 0 Å². The number of hydrogen-bond donors (Lipinski definition) is 0. The van der Waals surface area contributed by atoms with E-state index in [4.69, 9.17) is 23.0 Å². The van der Waals surface area contributed by atoms with Crippen molar-refractivity contribution < 1.29 is 0 Å². The van der Waals surface area contributed by atoms with Gasteiger partial charge in [-0.1, -0.05) is 281 Å². The van der Waals surface area contributed by atoms with E-state index in [9.17, 15) is 0 Å². The molecule has 0 saturated heterocycles. The predicted molar refractivity (Wildman–Crippen MR) is 356 cm³/mol. The molecule has 8 rings (SSSR count). The van der Waals surface area contributed by atoms with Crippen LogP contribution in [0.15, 0.2) is 84.9 Å². The van der Waals surface area contributed by atoms with E-state index in [1.54, 1.807) is 0 Å². The van der Waals surface area contributed by atoms with Crippen molar-refractivity contribution in [3.63, 3.8) is 0 Å². The van der Waals surface area contributed by atoms with Crippen LogP contribution in [0.5, 0.6) is 0 Å². The maximum absolute atomic E-state index is 6.14. The molecule has 0 spiro atoms. The summed E-state index contributed by atoms with van der Waals surface area (Å²) in [5.74, 6) is 20.8. The van der Waals surface area contributed by atoms with Crippen LogP contribution in [-0.4, -0.2) is 15.0 Å². The molecule has 1 heterocycles. The molecule has 6 aromatic rings. The van der Waals surface area contributed by atoms with Gasteiger partial charge in [0, 0.05) is 33.1 Å². The lowest BCUT2D eigenvalue weighted by molar-refractivity contribution is 0.397. The number of nitrogens with zero attached hydrogens (tertiary/aromatic N) is 3. The van der Waals surface area contributed by atoms with Crippen molar-refractivity contribution in [3.05, 3.63) is 141 Å². The van der Waals surface area contributed by atoms with Crippen molar-refractivity contribution in [2.75, 3.05) is 0 Å². The minimum Gasteiger partial charge on any atom is -0.184 e. The largest absolute Gasteiger partial charge is 0.184 e. The Morgan fingerprint density at radius 2 is 0.602 bits per heavy atom. The maximum atomic E-state index is 6.14. The zero-order valence-corrected chi connectivity index (χ0v) is 52.3. The molecule has 5 aromatic carbocycles. The molecule has 0 aliphatic heterocycles. The van der Waals surface area contributed by atoms with Crippen LogP contribution in [0.25, 0.3) is 33.3 Å². The van der Waals surface area contributed by atoms with Gasteiger partial charge in [0.1, 0.15) is 11.0 Å². The molecular formula is C80H101N3. The van der Waals surface area contributed by atoms with Crippen LogP contribution in [0, 0.1) is 48.4 Å². The Morgan fingerprint density at radius 1 is 0.325 bits per heavy atom. The average molecular weight is 1100 g/mol. The number of unbranched alkanes of at least 4 members (excludes halogenated alkanes) is 25. The van der Waals surface area contributed by atoms with Crippen LogP contribution < -0.4 is 0 Å². The molecule has 436 valence electrons. The highest BCUT2D eigenvalue weighted by Crippen LogP contribution is 2.56. The van der Waals surface area contributed by atoms with Gasteiger partial charge in [0.2, 0.25) is 0 Å². The Bertz CT molecular complexity index is 3010. The van der Waals surface area contributed by atoms with Gasteiger partial charge in [-0.25, -0.2) is 0 Å². The first-order valence-corrected chi connectivity index (χ1v) is 33.8. The van der Waals surface area contributed by atoms with Crippen molar-refractivity contribution >= 4 is 11.0 Å². The second-order valence-corrected chi connectivity index (χ2v) is 25.0. The zero-order chi connectivity index (χ0) is 58.1. The van der Waals surface area contributed by atoms with E-state index in [1.807, 2.05) is 4.80 Å². The van der Waals surface area contributed by atoms with Gasteiger partial charge < -0.3 is 0 Å². The van der Waals surface area contributed by atoms with E-state index in [0.717, 1.165) is 83.1 Å². The number of fused-ring (bicyclic) bond motifs is 7. The van der Waals surface area contributed by atoms with Gasteiger partial charge in [-0.05, 0) is 137 Å². The summed E-state index contributed by atoms with van der Waals surface area (Å²) in [6.07, 6.45) is 54.9. The molecule has 2 aliphatic carbocycles. The Balaban J connectivity index is 1.15. The Labute approximate surface area is 504 Å². The number of aryl methyl sites for hydroxylation is 1. The quantitative estimate of drug-likeness (QED) is 0.0293. The Kier molecular flexibility index (Phi) is 24.7. The normalized spacial score (nSPS) is 13.1. The van der Waals surface area contributed by atoms with Crippen LogP contribution in [0.1, 0.15) is 309 Å². The highest BCUT2D eigenvalue weighted by atomic mass is 15.5. The minimum atomic E-state index is -0.0882. The van der Waals surface area contributed by atoms with Gasteiger partial charge in [0.05, 0.1) is 17.7 Å². The van der Waals surface area contributed by atoms with E-state index in [-0.39, 0.29) is 10.8 Å². The summed E-state index contributed by atoms with van der Waals surface area (Å²) in [6.45, 7) is 12.3. The summed E-state index contributed by atoms with van der Waals surface area (Å²) in [5, 5.41) is 10.5. The molecule has 1 aromatic heterocycles. The molecule has 0 saturated carbocycles. The predicted octanol–water partition coefficient (Wildman–Crippen LogP) is 22.1. The first-order chi connectivity index (χ1) is 40.9. The number of terminal acetylenes is 2. The van der Waals surface area contributed by atoms with Crippen LogP contribution in [-0.2, 0) is 17.4 Å². The average Bonchev–Trinajstić information content (AvgIpc) is 3.59. The maximum Gasteiger partial charge on any atom is 0.130 e. The number of benzene rings is 5. The van der Waals surface area contributed by atoms with Crippen LogP contribution in [0.2, 0.25) is 0 Å². The number of aromatic nitrogens is 3. The lowest BCUT2D eigenvalue weighted by atomic mass is 9.70. The Hall–Kier alpha value is -6.26. The summed E-state index contributed by atoms with van der Waals surface area (Å²) in [7, 11) is 0. The third kappa shape index (κ3) is 15.9. The standard InChI is InChI=1S/C80H101N3/c1-8-15-20-25-30-35-54-79(55-36-31-26-21-16-9-2)73-59-63(13-6)42-50-69(73)71-52-44-65(61-75(71)79)40-46-67-48-49-68(78-77(67)81-83(82-78)58-39-34-29-24-19-12-5)47-41-66-45-53-72-70-51-43-64(14-7)60-74(70)80(76(72)62-66,56-37-32-27-22-17-10-3)57-38-33-28-23-18-11-4/h6-7,42-45,48-53,59-62H,8-12,15-39,54-58H2,1-5H3. The van der Waals surface area contributed by atoms with E-state index in [0.29, 0.717) is 0 Å².